The highest BCUT2D eigenvalue weighted by Gasteiger charge is 2.22. The van der Waals surface area contributed by atoms with E-state index in [0.717, 1.165) is 60.9 Å². The van der Waals surface area contributed by atoms with Gasteiger partial charge in [-0.2, -0.15) is 5.10 Å². The van der Waals surface area contributed by atoms with Crippen LogP contribution in [0, 0.1) is 6.92 Å². The van der Waals surface area contributed by atoms with Gasteiger partial charge >= 0.3 is 0 Å². The number of carbonyl (C=O) groups excluding carboxylic acids is 1. The fourth-order valence-electron chi connectivity index (χ4n) is 2.94. The van der Waals surface area contributed by atoms with E-state index in [1.165, 1.54) is 6.42 Å². The van der Waals surface area contributed by atoms with Crippen LogP contribution in [0.25, 0.3) is 0 Å². The number of thioether (sulfide) groups is 1. The number of H-pyrrole nitrogens is 1. The number of aromatic amines is 1. The van der Waals surface area contributed by atoms with Gasteiger partial charge in [0.1, 0.15) is 10.8 Å². The minimum Gasteiger partial charge on any atom is -0.369 e. The lowest BCUT2D eigenvalue weighted by atomic mass is 10.1. The van der Waals surface area contributed by atoms with Crippen molar-refractivity contribution >= 4 is 23.5 Å². The summed E-state index contributed by atoms with van der Waals surface area (Å²) >= 11 is 1.54. The second kappa shape index (κ2) is 8.33. The lowest BCUT2D eigenvalue weighted by molar-refractivity contribution is 0.0711. The SMILES string of the molecule is CSc1nc(C(=O)N2CCCCC2)nc(NCCc2cn[nH]c2)c1C. The van der Waals surface area contributed by atoms with Gasteiger partial charge in [0.15, 0.2) is 0 Å². The quantitative estimate of drug-likeness (QED) is 0.608. The van der Waals surface area contributed by atoms with Crippen molar-refractivity contribution in [1.82, 2.24) is 25.1 Å². The van der Waals surface area contributed by atoms with E-state index in [1.807, 2.05) is 30.5 Å². The topological polar surface area (TPSA) is 86.8 Å². The second-order valence-electron chi connectivity index (χ2n) is 6.17. The third-order valence-corrected chi connectivity index (χ3v) is 5.17. The van der Waals surface area contributed by atoms with Crippen molar-refractivity contribution in [3.8, 4) is 0 Å². The third-order valence-electron chi connectivity index (χ3n) is 4.39. The Balaban J connectivity index is 1.75. The van der Waals surface area contributed by atoms with Crippen LogP contribution in [-0.4, -0.2) is 56.9 Å². The standard InChI is InChI=1S/C17H24N6OS/c1-12-14(18-7-6-13-10-19-20-11-13)21-15(22-16(12)25-2)17(24)23-8-4-3-5-9-23/h10-11H,3-9H2,1-2H3,(H,19,20)(H,18,21,22). The molecule has 0 bridgehead atoms. The van der Waals surface area contributed by atoms with Crippen LogP contribution in [0.3, 0.4) is 0 Å². The van der Waals surface area contributed by atoms with Gasteiger partial charge in [-0.05, 0) is 44.4 Å². The van der Waals surface area contributed by atoms with Crippen molar-refractivity contribution < 1.29 is 4.79 Å². The summed E-state index contributed by atoms with van der Waals surface area (Å²) in [6.45, 7) is 4.31. The molecule has 134 valence electrons. The number of aromatic nitrogens is 4. The zero-order chi connectivity index (χ0) is 17.6. The van der Waals surface area contributed by atoms with Crippen LogP contribution in [0.4, 0.5) is 5.82 Å². The minimum absolute atomic E-state index is 0.0621. The number of rotatable bonds is 6. The first kappa shape index (κ1) is 17.7. The number of hydrogen-bond donors (Lipinski definition) is 2. The van der Waals surface area contributed by atoms with Gasteiger partial charge in [-0.1, -0.05) is 0 Å². The Morgan fingerprint density at radius 3 is 2.80 bits per heavy atom. The summed E-state index contributed by atoms with van der Waals surface area (Å²) in [6, 6.07) is 0. The third kappa shape index (κ3) is 4.31. The van der Waals surface area contributed by atoms with Gasteiger partial charge in [0.25, 0.3) is 5.91 Å². The average molecular weight is 360 g/mol. The molecule has 0 spiro atoms. The number of nitrogens with zero attached hydrogens (tertiary/aromatic N) is 4. The molecule has 1 aliphatic rings. The fourth-order valence-corrected chi connectivity index (χ4v) is 3.52. The molecule has 2 aromatic rings. The summed E-state index contributed by atoms with van der Waals surface area (Å²) in [5.41, 5.74) is 2.11. The molecule has 0 radical (unpaired) electrons. The van der Waals surface area contributed by atoms with E-state index >= 15 is 0 Å². The number of amides is 1. The highest BCUT2D eigenvalue weighted by Crippen LogP contribution is 2.24. The summed E-state index contributed by atoms with van der Waals surface area (Å²) in [6.07, 6.45) is 9.81. The van der Waals surface area contributed by atoms with Crippen LogP contribution in [0.15, 0.2) is 17.4 Å². The highest BCUT2D eigenvalue weighted by atomic mass is 32.2. The van der Waals surface area contributed by atoms with Crippen molar-refractivity contribution in [3.63, 3.8) is 0 Å². The van der Waals surface area contributed by atoms with Crippen LogP contribution < -0.4 is 5.32 Å². The summed E-state index contributed by atoms with van der Waals surface area (Å²) in [5.74, 6) is 0.971. The van der Waals surface area contributed by atoms with Gasteiger partial charge in [-0.15, -0.1) is 11.8 Å². The fraction of sp³-hybridized carbons (Fsp3) is 0.529. The molecule has 0 saturated carbocycles. The molecule has 0 unspecified atom stereocenters. The molecule has 0 aliphatic carbocycles. The Labute approximate surface area is 152 Å². The minimum atomic E-state index is -0.0621. The Morgan fingerprint density at radius 1 is 1.32 bits per heavy atom. The molecule has 8 heteroatoms. The maximum Gasteiger partial charge on any atom is 0.291 e. The molecule has 1 amide bonds. The zero-order valence-electron chi connectivity index (χ0n) is 14.7. The molecule has 3 heterocycles. The highest BCUT2D eigenvalue weighted by molar-refractivity contribution is 7.98. The van der Waals surface area contributed by atoms with Gasteiger partial charge in [0.05, 0.1) is 6.20 Å². The van der Waals surface area contributed by atoms with Crippen molar-refractivity contribution in [2.24, 2.45) is 0 Å². The number of hydrogen-bond acceptors (Lipinski definition) is 6. The van der Waals surface area contributed by atoms with Crippen LogP contribution >= 0.6 is 11.8 Å². The van der Waals surface area contributed by atoms with Gasteiger partial charge in [-0.3, -0.25) is 9.89 Å². The molecule has 0 aromatic carbocycles. The van der Waals surface area contributed by atoms with E-state index in [2.05, 4.69) is 25.5 Å². The summed E-state index contributed by atoms with van der Waals surface area (Å²) in [5, 5.41) is 11.0. The molecule has 1 saturated heterocycles. The van der Waals surface area contributed by atoms with Crippen molar-refractivity contribution in [1.29, 1.82) is 0 Å². The Morgan fingerprint density at radius 2 is 2.12 bits per heavy atom. The summed E-state index contributed by atoms with van der Waals surface area (Å²) in [4.78, 5) is 23.6. The molecule has 2 N–H and O–H groups in total. The predicted octanol–water partition coefficient (Wildman–Crippen LogP) is 2.51. The van der Waals surface area contributed by atoms with E-state index in [1.54, 1.807) is 11.8 Å². The number of carbonyl (C=O) groups is 1. The smallest absolute Gasteiger partial charge is 0.291 e. The van der Waals surface area contributed by atoms with E-state index in [9.17, 15) is 4.79 Å². The molecule has 25 heavy (non-hydrogen) atoms. The molecule has 0 atom stereocenters. The van der Waals surface area contributed by atoms with Gasteiger partial charge in [0, 0.05) is 31.4 Å². The van der Waals surface area contributed by atoms with Crippen molar-refractivity contribution in [3.05, 3.63) is 29.3 Å². The zero-order valence-corrected chi connectivity index (χ0v) is 15.5. The summed E-state index contributed by atoms with van der Waals surface area (Å²) < 4.78 is 0. The number of piperidine rings is 1. The predicted molar refractivity (Wildman–Crippen MR) is 99.1 cm³/mol. The molecule has 1 fully saturated rings. The van der Waals surface area contributed by atoms with Gasteiger partial charge in [-0.25, -0.2) is 9.97 Å². The van der Waals surface area contributed by atoms with E-state index < -0.39 is 0 Å². The maximum absolute atomic E-state index is 12.7. The molecular weight excluding hydrogens is 336 g/mol. The second-order valence-corrected chi connectivity index (χ2v) is 6.96. The molecular formula is C17H24N6OS. The molecule has 2 aromatic heterocycles. The lowest BCUT2D eigenvalue weighted by Gasteiger charge is -2.26. The molecule has 3 rings (SSSR count). The number of anilines is 1. The van der Waals surface area contributed by atoms with E-state index in [-0.39, 0.29) is 5.91 Å². The van der Waals surface area contributed by atoms with Crippen LogP contribution in [-0.2, 0) is 6.42 Å². The van der Waals surface area contributed by atoms with Crippen molar-refractivity contribution in [2.45, 2.75) is 37.6 Å². The monoisotopic (exact) mass is 360 g/mol. The lowest BCUT2D eigenvalue weighted by Crippen LogP contribution is -2.36. The van der Waals surface area contributed by atoms with E-state index in [0.29, 0.717) is 5.82 Å². The average Bonchev–Trinajstić information content (AvgIpc) is 3.16. The normalized spacial score (nSPS) is 14.6. The first-order valence-electron chi connectivity index (χ1n) is 8.62. The number of nitrogens with one attached hydrogen (secondary N) is 2. The largest absolute Gasteiger partial charge is 0.369 e. The van der Waals surface area contributed by atoms with Crippen molar-refractivity contribution in [2.75, 3.05) is 31.2 Å². The Bertz CT molecular complexity index is 712. The van der Waals surface area contributed by atoms with Gasteiger partial charge < -0.3 is 10.2 Å². The Kier molecular flexibility index (Phi) is 5.91. The molecule has 7 nitrogen and oxygen atoms in total. The van der Waals surface area contributed by atoms with Crippen LogP contribution in [0.5, 0.6) is 0 Å². The van der Waals surface area contributed by atoms with Crippen LogP contribution in [0.2, 0.25) is 0 Å². The maximum atomic E-state index is 12.7. The first-order chi connectivity index (χ1) is 12.2. The number of likely N-dealkylation sites (tertiary alicyclic amines) is 1. The van der Waals surface area contributed by atoms with Crippen LogP contribution in [0.1, 0.15) is 41.0 Å². The first-order valence-corrected chi connectivity index (χ1v) is 9.85. The molecule has 1 aliphatic heterocycles. The van der Waals surface area contributed by atoms with Gasteiger partial charge in [0.2, 0.25) is 5.82 Å². The van der Waals surface area contributed by atoms with E-state index in [4.69, 9.17) is 0 Å². The Hall–Kier alpha value is -2.09. The summed E-state index contributed by atoms with van der Waals surface area (Å²) in [7, 11) is 0.